The molecule has 0 radical (unpaired) electrons. The third kappa shape index (κ3) is 1.48. The number of allylic oxidation sites excluding steroid dienone is 2. The van der Waals surface area contributed by atoms with Crippen LogP contribution in [0.2, 0.25) is 0 Å². The van der Waals surface area contributed by atoms with Crippen LogP contribution in [-0.4, -0.2) is 14.2 Å². The molecule has 2 heteroatoms. The molecule has 0 saturated heterocycles. The van der Waals surface area contributed by atoms with Gasteiger partial charge in [-0.2, -0.15) is 0 Å². The van der Waals surface area contributed by atoms with Gasteiger partial charge in [0.05, 0.1) is 14.2 Å². The van der Waals surface area contributed by atoms with E-state index < -0.39 is 0 Å². The molecule has 1 aliphatic carbocycles. The second kappa shape index (κ2) is 3.74. The summed E-state index contributed by atoms with van der Waals surface area (Å²) in [5.41, 5.74) is 2.65. The Labute approximate surface area is 84.2 Å². The van der Waals surface area contributed by atoms with Crippen LogP contribution in [0.3, 0.4) is 0 Å². The molecule has 0 heterocycles. The first-order chi connectivity index (χ1) is 6.85. The van der Waals surface area contributed by atoms with Crippen molar-refractivity contribution in [1.82, 2.24) is 0 Å². The fourth-order valence-corrected chi connectivity index (χ4v) is 1.59. The molecule has 0 amide bonds. The number of benzene rings is 1. The van der Waals surface area contributed by atoms with E-state index in [1.165, 1.54) is 24.0 Å². The Balaban J connectivity index is 2.36. The second-order valence-electron chi connectivity index (χ2n) is 3.34. The van der Waals surface area contributed by atoms with Crippen LogP contribution >= 0.6 is 0 Å². The summed E-state index contributed by atoms with van der Waals surface area (Å²) in [6, 6.07) is 6.06. The first-order valence-electron chi connectivity index (χ1n) is 4.76. The van der Waals surface area contributed by atoms with Gasteiger partial charge < -0.3 is 9.47 Å². The van der Waals surface area contributed by atoms with Crippen molar-refractivity contribution < 1.29 is 9.47 Å². The maximum atomic E-state index is 5.24. The second-order valence-corrected chi connectivity index (χ2v) is 3.34. The topological polar surface area (TPSA) is 18.5 Å². The highest BCUT2D eigenvalue weighted by atomic mass is 16.5. The minimum Gasteiger partial charge on any atom is -0.493 e. The number of ether oxygens (including phenoxy) is 2. The fraction of sp³-hybridized carbons (Fsp3) is 0.333. The predicted molar refractivity (Wildman–Crippen MR) is 56.8 cm³/mol. The molecule has 1 aromatic rings. The highest BCUT2D eigenvalue weighted by molar-refractivity contribution is 5.71. The summed E-state index contributed by atoms with van der Waals surface area (Å²) in [5.74, 6) is 1.59. The van der Waals surface area contributed by atoms with Gasteiger partial charge in [-0.1, -0.05) is 12.1 Å². The van der Waals surface area contributed by atoms with Crippen molar-refractivity contribution in [2.75, 3.05) is 14.2 Å². The Morgan fingerprint density at radius 3 is 2.29 bits per heavy atom. The molecule has 0 spiro atoms. The minimum atomic E-state index is 0.788. The van der Waals surface area contributed by atoms with E-state index in [0.717, 1.165) is 11.5 Å². The van der Waals surface area contributed by atoms with E-state index in [4.69, 9.17) is 9.47 Å². The van der Waals surface area contributed by atoms with Crippen LogP contribution in [0.15, 0.2) is 24.3 Å². The van der Waals surface area contributed by atoms with Crippen molar-refractivity contribution >= 4 is 5.57 Å². The third-order valence-corrected chi connectivity index (χ3v) is 2.56. The summed E-state index contributed by atoms with van der Waals surface area (Å²) in [6.07, 6.45) is 4.63. The summed E-state index contributed by atoms with van der Waals surface area (Å²) >= 11 is 0. The monoisotopic (exact) mass is 190 g/mol. The summed E-state index contributed by atoms with van der Waals surface area (Å²) in [7, 11) is 3.32. The molecule has 0 bridgehead atoms. The zero-order valence-electron chi connectivity index (χ0n) is 8.54. The standard InChI is InChI=1S/C12H14O2/c1-13-11-7-6-10(8-12(11)14-2)9-4-3-5-9/h4,6-8H,3,5H2,1-2H3. The van der Waals surface area contributed by atoms with Crippen molar-refractivity contribution in [3.8, 4) is 11.5 Å². The molecule has 0 atom stereocenters. The van der Waals surface area contributed by atoms with Crippen LogP contribution in [0.4, 0.5) is 0 Å². The number of methoxy groups -OCH3 is 2. The van der Waals surface area contributed by atoms with Gasteiger partial charge in [-0.3, -0.25) is 0 Å². The molecule has 0 fully saturated rings. The normalized spacial score (nSPS) is 14.3. The molecule has 14 heavy (non-hydrogen) atoms. The van der Waals surface area contributed by atoms with Crippen LogP contribution in [0.5, 0.6) is 11.5 Å². The van der Waals surface area contributed by atoms with Gasteiger partial charge in [-0.25, -0.2) is 0 Å². The van der Waals surface area contributed by atoms with Gasteiger partial charge in [0.25, 0.3) is 0 Å². The molecule has 0 saturated carbocycles. The Morgan fingerprint density at radius 1 is 1.07 bits per heavy atom. The predicted octanol–water partition coefficient (Wildman–Crippen LogP) is 2.88. The first-order valence-corrected chi connectivity index (χ1v) is 4.76. The maximum absolute atomic E-state index is 5.24. The van der Waals surface area contributed by atoms with Crippen LogP contribution in [0.25, 0.3) is 5.57 Å². The quantitative estimate of drug-likeness (QED) is 0.729. The average molecular weight is 190 g/mol. The molecule has 1 aromatic carbocycles. The Morgan fingerprint density at radius 2 is 1.79 bits per heavy atom. The molecule has 2 nitrogen and oxygen atoms in total. The van der Waals surface area contributed by atoms with Crippen molar-refractivity contribution in [3.63, 3.8) is 0 Å². The smallest absolute Gasteiger partial charge is 0.161 e. The van der Waals surface area contributed by atoms with Crippen molar-refractivity contribution in [2.24, 2.45) is 0 Å². The van der Waals surface area contributed by atoms with E-state index in [0.29, 0.717) is 0 Å². The van der Waals surface area contributed by atoms with Gasteiger partial charge in [0.15, 0.2) is 11.5 Å². The summed E-state index contributed by atoms with van der Waals surface area (Å²) in [4.78, 5) is 0. The largest absolute Gasteiger partial charge is 0.493 e. The van der Waals surface area contributed by atoms with Crippen LogP contribution in [0.1, 0.15) is 18.4 Å². The van der Waals surface area contributed by atoms with E-state index in [-0.39, 0.29) is 0 Å². The lowest BCUT2D eigenvalue weighted by Gasteiger charge is -2.16. The molecule has 0 aromatic heterocycles. The lowest BCUT2D eigenvalue weighted by Crippen LogP contribution is -1.96. The van der Waals surface area contributed by atoms with Gasteiger partial charge in [-0.15, -0.1) is 0 Å². The number of rotatable bonds is 3. The van der Waals surface area contributed by atoms with E-state index in [1.807, 2.05) is 12.1 Å². The SMILES string of the molecule is COc1ccc(C2=CCC2)cc1OC. The molecule has 0 N–H and O–H groups in total. The van der Waals surface area contributed by atoms with Gasteiger partial charge in [0, 0.05) is 0 Å². The van der Waals surface area contributed by atoms with Gasteiger partial charge in [0.2, 0.25) is 0 Å². The van der Waals surface area contributed by atoms with E-state index in [9.17, 15) is 0 Å². The molecule has 74 valence electrons. The zero-order chi connectivity index (χ0) is 9.97. The van der Waals surface area contributed by atoms with Crippen molar-refractivity contribution in [2.45, 2.75) is 12.8 Å². The number of hydrogen-bond acceptors (Lipinski definition) is 2. The molecule has 0 unspecified atom stereocenters. The molecule has 2 rings (SSSR count). The lowest BCUT2D eigenvalue weighted by atomic mass is 9.92. The summed E-state index contributed by atoms with van der Waals surface area (Å²) in [5, 5.41) is 0. The first kappa shape index (κ1) is 9.13. The number of hydrogen-bond donors (Lipinski definition) is 0. The highest BCUT2D eigenvalue weighted by Crippen LogP contribution is 2.34. The lowest BCUT2D eigenvalue weighted by molar-refractivity contribution is 0.355. The Kier molecular flexibility index (Phi) is 2.44. The van der Waals surface area contributed by atoms with E-state index in [1.54, 1.807) is 14.2 Å². The van der Waals surface area contributed by atoms with Crippen LogP contribution < -0.4 is 9.47 Å². The zero-order valence-corrected chi connectivity index (χ0v) is 8.54. The van der Waals surface area contributed by atoms with Crippen LogP contribution in [0, 0.1) is 0 Å². The average Bonchev–Trinajstić information content (AvgIpc) is 2.15. The molecular weight excluding hydrogens is 176 g/mol. The summed E-state index contributed by atoms with van der Waals surface area (Å²) in [6.45, 7) is 0. The van der Waals surface area contributed by atoms with E-state index in [2.05, 4.69) is 12.1 Å². The third-order valence-electron chi connectivity index (χ3n) is 2.56. The minimum absolute atomic E-state index is 0.788. The van der Waals surface area contributed by atoms with Gasteiger partial charge in [0.1, 0.15) is 0 Å². The van der Waals surface area contributed by atoms with Gasteiger partial charge in [-0.05, 0) is 36.1 Å². The van der Waals surface area contributed by atoms with Crippen molar-refractivity contribution in [3.05, 3.63) is 29.8 Å². The Hall–Kier alpha value is -1.44. The molecular formula is C12H14O2. The molecule has 0 aliphatic heterocycles. The maximum Gasteiger partial charge on any atom is 0.161 e. The highest BCUT2D eigenvalue weighted by Gasteiger charge is 2.11. The van der Waals surface area contributed by atoms with Gasteiger partial charge >= 0.3 is 0 Å². The van der Waals surface area contributed by atoms with Crippen LogP contribution in [-0.2, 0) is 0 Å². The summed E-state index contributed by atoms with van der Waals surface area (Å²) < 4.78 is 10.4. The molecule has 1 aliphatic rings. The van der Waals surface area contributed by atoms with E-state index >= 15 is 0 Å². The van der Waals surface area contributed by atoms with Crippen molar-refractivity contribution in [1.29, 1.82) is 0 Å². The Bertz CT molecular complexity index is 367. The fourth-order valence-electron chi connectivity index (χ4n) is 1.59.